The van der Waals surface area contributed by atoms with E-state index >= 15 is 0 Å². The average Bonchev–Trinajstić information content (AvgIpc) is 3.03. The van der Waals surface area contributed by atoms with Crippen molar-refractivity contribution in [2.75, 3.05) is 13.7 Å². The molecule has 28 heavy (non-hydrogen) atoms. The number of hydrogen-bond donors (Lipinski definition) is 0. The zero-order chi connectivity index (χ0) is 20.1. The van der Waals surface area contributed by atoms with Gasteiger partial charge in [0, 0.05) is 5.56 Å². The zero-order valence-electron chi connectivity index (χ0n) is 15.1. The van der Waals surface area contributed by atoms with Crippen molar-refractivity contribution in [1.29, 1.82) is 0 Å². The number of alkyl halides is 2. The molecule has 2 aromatic rings. The van der Waals surface area contributed by atoms with Crippen molar-refractivity contribution >= 4 is 17.9 Å². The maximum atomic E-state index is 12.6. The number of methoxy groups -OCH3 is 1. The predicted octanol–water partition coefficient (Wildman–Crippen LogP) is 4.04. The van der Waals surface area contributed by atoms with Gasteiger partial charge in [0.2, 0.25) is 5.90 Å². The number of esters is 1. The van der Waals surface area contributed by atoms with Crippen LogP contribution in [0.25, 0.3) is 6.08 Å². The topological polar surface area (TPSA) is 66.3 Å². The Morgan fingerprint density at radius 1 is 1.14 bits per heavy atom. The lowest BCUT2D eigenvalue weighted by atomic mass is 10.1. The first-order valence-corrected chi connectivity index (χ1v) is 8.38. The largest absolute Gasteiger partial charge is 0.494 e. The van der Waals surface area contributed by atoms with Gasteiger partial charge in [-0.15, -0.1) is 0 Å². The summed E-state index contributed by atoms with van der Waals surface area (Å²) in [6.07, 6.45) is 1.42. The van der Waals surface area contributed by atoms with E-state index in [1.165, 1.54) is 25.3 Å². The lowest BCUT2D eigenvalue weighted by molar-refractivity contribution is -0.129. The standard InChI is InChI=1S/C20H17F2NO5/c1-3-26-14-7-5-13(6-8-14)18-23-15(19(24)28-18)10-12-4-9-16(25-2)17(11-12)27-20(21)22/h4-11,20H,3H2,1-2H3/b15-10-. The van der Waals surface area contributed by atoms with E-state index in [1.54, 1.807) is 30.3 Å². The van der Waals surface area contributed by atoms with Crippen LogP contribution < -0.4 is 14.2 Å². The Morgan fingerprint density at radius 2 is 1.89 bits per heavy atom. The smallest absolute Gasteiger partial charge is 0.387 e. The molecule has 8 heteroatoms. The summed E-state index contributed by atoms with van der Waals surface area (Å²) in [4.78, 5) is 16.3. The third-order valence-corrected chi connectivity index (χ3v) is 3.74. The highest BCUT2D eigenvalue weighted by Gasteiger charge is 2.24. The number of carbonyl (C=O) groups is 1. The molecule has 0 spiro atoms. The summed E-state index contributed by atoms with van der Waals surface area (Å²) >= 11 is 0. The Balaban J connectivity index is 1.86. The lowest BCUT2D eigenvalue weighted by Crippen LogP contribution is -2.05. The van der Waals surface area contributed by atoms with Gasteiger partial charge in [0.15, 0.2) is 17.2 Å². The molecule has 0 aliphatic carbocycles. The Kier molecular flexibility index (Phi) is 5.88. The van der Waals surface area contributed by atoms with Crippen LogP contribution in [0, 0.1) is 0 Å². The number of nitrogens with zero attached hydrogens (tertiary/aromatic N) is 1. The molecule has 146 valence electrons. The van der Waals surface area contributed by atoms with Crippen molar-refractivity contribution in [1.82, 2.24) is 0 Å². The third-order valence-electron chi connectivity index (χ3n) is 3.74. The first-order chi connectivity index (χ1) is 13.5. The monoisotopic (exact) mass is 389 g/mol. The van der Waals surface area contributed by atoms with E-state index in [4.69, 9.17) is 14.2 Å². The van der Waals surface area contributed by atoms with Crippen LogP contribution in [-0.2, 0) is 9.53 Å². The molecule has 1 aliphatic heterocycles. The molecule has 0 fully saturated rings. The number of cyclic esters (lactones) is 1. The number of rotatable bonds is 7. The summed E-state index contributed by atoms with van der Waals surface area (Å²) in [5.41, 5.74) is 1.08. The van der Waals surface area contributed by atoms with E-state index in [-0.39, 0.29) is 23.1 Å². The van der Waals surface area contributed by atoms with Crippen LogP contribution in [0.2, 0.25) is 0 Å². The minimum absolute atomic E-state index is 0.0389. The molecule has 2 aromatic carbocycles. The minimum atomic E-state index is -3.00. The molecule has 0 aromatic heterocycles. The van der Waals surface area contributed by atoms with E-state index in [0.717, 1.165) is 0 Å². The number of aliphatic imine (C=N–C) groups is 1. The van der Waals surface area contributed by atoms with E-state index in [9.17, 15) is 13.6 Å². The fraction of sp³-hybridized carbons (Fsp3) is 0.200. The van der Waals surface area contributed by atoms with E-state index in [0.29, 0.717) is 23.5 Å². The highest BCUT2D eigenvalue weighted by molar-refractivity contribution is 6.12. The first kappa shape index (κ1) is 19.3. The molecule has 6 nitrogen and oxygen atoms in total. The molecule has 0 saturated heterocycles. The van der Waals surface area contributed by atoms with Crippen LogP contribution in [0.5, 0.6) is 17.2 Å². The molecule has 1 heterocycles. The molecule has 0 amide bonds. The zero-order valence-corrected chi connectivity index (χ0v) is 15.1. The molecule has 1 aliphatic rings. The fourth-order valence-electron chi connectivity index (χ4n) is 2.52. The summed E-state index contributed by atoms with van der Waals surface area (Å²) < 4.78 is 45.1. The SMILES string of the molecule is CCOc1ccc(C2=N/C(=C\c3ccc(OC)c(OC(F)F)c3)C(=O)O2)cc1. The number of ether oxygens (including phenoxy) is 4. The maximum Gasteiger partial charge on any atom is 0.387 e. The van der Waals surface area contributed by atoms with Crippen LogP contribution in [0.1, 0.15) is 18.1 Å². The van der Waals surface area contributed by atoms with Crippen molar-refractivity contribution in [2.24, 2.45) is 4.99 Å². The molecule has 0 radical (unpaired) electrons. The van der Waals surface area contributed by atoms with Crippen LogP contribution in [0.15, 0.2) is 53.2 Å². The summed E-state index contributed by atoms with van der Waals surface area (Å²) in [7, 11) is 1.34. The van der Waals surface area contributed by atoms with Gasteiger partial charge in [-0.05, 0) is 55.0 Å². The normalized spacial score (nSPS) is 14.8. The highest BCUT2D eigenvalue weighted by atomic mass is 19.3. The van der Waals surface area contributed by atoms with E-state index in [1.807, 2.05) is 6.92 Å². The van der Waals surface area contributed by atoms with Gasteiger partial charge < -0.3 is 18.9 Å². The molecule has 0 N–H and O–H groups in total. The number of hydrogen-bond acceptors (Lipinski definition) is 6. The number of carbonyl (C=O) groups excluding carboxylic acids is 1. The van der Waals surface area contributed by atoms with Gasteiger partial charge in [0.05, 0.1) is 13.7 Å². The van der Waals surface area contributed by atoms with Gasteiger partial charge >= 0.3 is 12.6 Å². The second-order valence-corrected chi connectivity index (χ2v) is 5.58. The Hall–Kier alpha value is -3.42. The fourth-order valence-corrected chi connectivity index (χ4v) is 2.52. The van der Waals surface area contributed by atoms with Crippen molar-refractivity contribution in [3.05, 3.63) is 59.3 Å². The van der Waals surface area contributed by atoms with Crippen molar-refractivity contribution in [2.45, 2.75) is 13.5 Å². The highest BCUT2D eigenvalue weighted by Crippen LogP contribution is 2.31. The molecular formula is C20H17F2NO5. The number of benzene rings is 2. The summed E-state index contributed by atoms with van der Waals surface area (Å²) in [5, 5.41) is 0. The molecule has 3 rings (SSSR count). The Labute approximate surface area is 160 Å². The van der Waals surface area contributed by atoms with Gasteiger partial charge in [0.25, 0.3) is 0 Å². The van der Waals surface area contributed by atoms with E-state index in [2.05, 4.69) is 9.73 Å². The van der Waals surface area contributed by atoms with Crippen LogP contribution in [-0.4, -0.2) is 32.2 Å². The van der Waals surface area contributed by atoms with Crippen molar-refractivity contribution in [3.63, 3.8) is 0 Å². The van der Waals surface area contributed by atoms with Crippen molar-refractivity contribution in [3.8, 4) is 17.2 Å². The first-order valence-electron chi connectivity index (χ1n) is 8.38. The average molecular weight is 389 g/mol. The second kappa shape index (κ2) is 8.51. The van der Waals surface area contributed by atoms with Crippen molar-refractivity contribution < 1.29 is 32.5 Å². The molecule has 0 atom stereocenters. The van der Waals surface area contributed by atoms with Gasteiger partial charge in [-0.2, -0.15) is 8.78 Å². The van der Waals surface area contributed by atoms with Gasteiger partial charge in [-0.25, -0.2) is 9.79 Å². The van der Waals surface area contributed by atoms with Crippen LogP contribution >= 0.6 is 0 Å². The van der Waals surface area contributed by atoms with E-state index < -0.39 is 12.6 Å². The second-order valence-electron chi connectivity index (χ2n) is 5.58. The lowest BCUT2D eigenvalue weighted by Gasteiger charge is -2.10. The maximum absolute atomic E-state index is 12.6. The Morgan fingerprint density at radius 3 is 2.54 bits per heavy atom. The summed E-state index contributed by atoms with van der Waals surface area (Å²) in [6, 6.07) is 11.3. The molecular weight excluding hydrogens is 372 g/mol. The van der Waals surface area contributed by atoms with Crippen LogP contribution in [0.3, 0.4) is 0 Å². The van der Waals surface area contributed by atoms with Gasteiger partial charge in [0.1, 0.15) is 5.75 Å². The third kappa shape index (κ3) is 4.46. The van der Waals surface area contributed by atoms with Crippen LogP contribution in [0.4, 0.5) is 8.78 Å². The minimum Gasteiger partial charge on any atom is -0.494 e. The number of halogens is 2. The molecule has 0 bridgehead atoms. The predicted molar refractivity (Wildman–Crippen MR) is 97.8 cm³/mol. The molecule has 0 saturated carbocycles. The summed E-state index contributed by atoms with van der Waals surface area (Å²) in [6.45, 7) is -0.580. The Bertz CT molecular complexity index is 923. The quantitative estimate of drug-likeness (QED) is 0.528. The molecule has 0 unspecified atom stereocenters. The van der Waals surface area contributed by atoms with Gasteiger partial charge in [-0.3, -0.25) is 0 Å². The van der Waals surface area contributed by atoms with Gasteiger partial charge in [-0.1, -0.05) is 6.07 Å². The summed E-state index contributed by atoms with van der Waals surface area (Å²) in [5.74, 6) is 0.202.